The minimum atomic E-state index is -2.91. The summed E-state index contributed by atoms with van der Waals surface area (Å²) in [5.74, 6) is 1.12. The van der Waals surface area contributed by atoms with Gasteiger partial charge in [-0.15, -0.1) is 0 Å². The van der Waals surface area contributed by atoms with Gasteiger partial charge in [0.2, 0.25) is 5.91 Å². The van der Waals surface area contributed by atoms with E-state index in [-0.39, 0.29) is 23.5 Å². The van der Waals surface area contributed by atoms with Gasteiger partial charge in [-0.3, -0.25) is 4.79 Å². The van der Waals surface area contributed by atoms with Crippen molar-refractivity contribution in [1.82, 2.24) is 9.80 Å². The quantitative estimate of drug-likeness (QED) is 0.769. The summed E-state index contributed by atoms with van der Waals surface area (Å²) in [4.78, 5) is 16.2. The highest BCUT2D eigenvalue weighted by atomic mass is 32.2. The van der Waals surface area contributed by atoms with Gasteiger partial charge < -0.3 is 9.80 Å². The Balaban J connectivity index is 1.74. The molecule has 0 bridgehead atoms. The predicted molar refractivity (Wildman–Crippen MR) is 79.3 cm³/mol. The van der Waals surface area contributed by atoms with E-state index >= 15 is 0 Å². The molecule has 1 amide bonds. The Bertz CT molecular complexity index is 441. The lowest BCUT2D eigenvalue weighted by Crippen LogP contribution is -2.38. The Labute approximate surface area is 122 Å². The zero-order valence-corrected chi connectivity index (χ0v) is 13.4. The molecule has 0 aromatic heterocycles. The number of carbonyl (C=O) groups is 1. The first-order valence-electron chi connectivity index (χ1n) is 7.52. The molecule has 2 saturated heterocycles. The summed E-state index contributed by atoms with van der Waals surface area (Å²) in [6, 6.07) is -0.106. The predicted octanol–water partition coefficient (Wildman–Crippen LogP) is 0.754. The molecule has 0 radical (unpaired) electrons. The molecule has 2 heterocycles. The van der Waals surface area contributed by atoms with Crippen LogP contribution in [0.5, 0.6) is 0 Å². The summed E-state index contributed by atoms with van der Waals surface area (Å²) >= 11 is 0. The molecule has 5 nitrogen and oxygen atoms in total. The molecule has 6 heteroatoms. The van der Waals surface area contributed by atoms with Crippen LogP contribution in [0.15, 0.2) is 0 Å². The van der Waals surface area contributed by atoms with Gasteiger partial charge in [-0.05, 0) is 51.7 Å². The number of hydrogen-bond donors (Lipinski definition) is 0. The third kappa shape index (κ3) is 4.19. The van der Waals surface area contributed by atoms with Crippen molar-refractivity contribution < 1.29 is 13.2 Å². The number of nitrogens with zero attached hydrogens (tertiary/aromatic N) is 2. The number of hydrogen-bond acceptors (Lipinski definition) is 4. The molecule has 0 aliphatic carbocycles. The minimum Gasteiger partial charge on any atom is -0.342 e. The molecule has 1 unspecified atom stereocenters. The van der Waals surface area contributed by atoms with Crippen molar-refractivity contribution in [1.29, 1.82) is 0 Å². The van der Waals surface area contributed by atoms with Gasteiger partial charge in [-0.1, -0.05) is 0 Å². The SMILES string of the molecule is CN1CCC(CCC(=O)N(C)C2CCS(=O)(=O)C2)CC1. The summed E-state index contributed by atoms with van der Waals surface area (Å²) in [5, 5.41) is 0. The van der Waals surface area contributed by atoms with E-state index in [0.717, 1.165) is 19.5 Å². The van der Waals surface area contributed by atoms with E-state index < -0.39 is 9.84 Å². The summed E-state index contributed by atoms with van der Waals surface area (Å²) in [6.45, 7) is 2.24. The molecule has 0 aromatic carbocycles. The molecule has 0 aromatic rings. The maximum atomic E-state index is 12.2. The van der Waals surface area contributed by atoms with Crippen LogP contribution in [0.4, 0.5) is 0 Å². The average Bonchev–Trinajstić information content (AvgIpc) is 2.77. The van der Waals surface area contributed by atoms with Crippen molar-refractivity contribution >= 4 is 15.7 Å². The molecule has 2 rings (SSSR count). The van der Waals surface area contributed by atoms with Crippen LogP contribution in [0, 0.1) is 5.92 Å². The van der Waals surface area contributed by atoms with Crippen molar-refractivity contribution in [2.24, 2.45) is 5.92 Å². The van der Waals surface area contributed by atoms with E-state index in [0.29, 0.717) is 18.8 Å². The second-order valence-corrected chi connectivity index (χ2v) is 8.58. The van der Waals surface area contributed by atoms with Crippen LogP contribution in [0.25, 0.3) is 0 Å². The molecule has 0 spiro atoms. The largest absolute Gasteiger partial charge is 0.342 e. The summed E-state index contributed by atoms with van der Waals surface area (Å²) in [6.07, 6.45) is 4.44. The zero-order chi connectivity index (χ0) is 14.8. The second-order valence-electron chi connectivity index (χ2n) is 6.35. The van der Waals surface area contributed by atoms with Crippen molar-refractivity contribution in [3.63, 3.8) is 0 Å². The van der Waals surface area contributed by atoms with E-state index in [2.05, 4.69) is 11.9 Å². The Morgan fingerprint density at radius 2 is 1.90 bits per heavy atom. The number of piperidine rings is 1. The first kappa shape index (κ1) is 15.8. The number of carbonyl (C=O) groups excluding carboxylic acids is 1. The highest BCUT2D eigenvalue weighted by molar-refractivity contribution is 7.91. The Morgan fingerprint density at radius 1 is 1.25 bits per heavy atom. The number of amides is 1. The van der Waals surface area contributed by atoms with Crippen molar-refractivity contribution in [3.05, 3.63) is 0 Å². The second kappa shape index (κ2) is 6.43. The van der Waals surface area contributed by atoms with Gasteiger partial charge in [0.1, 0.15) is 0 Å². The summed E-state index contributed by atoms with van der Waals surface area (Å²) < 4.78 is 22.9. The van der Waals surface area contributed by atoms with Gasteiger partial charge in [0.15, 0.2) is 9.84 Å². The first-order chi connectivity index (χ1) is 9.37. The Hall–Kier alpha value is -0.620. The number of rotatable bonds is 4. The monoisotopic (exact) mass is 302 g/mol. The van der Waals surface area contributed by atoms with Gasteiger partial charge in [-0.25, -0.2) is 8.42 Å². The van der Waals surface area contributed by atoms with Crippen molar-refractivity contribution in [3.8, 4) is 0 Å². The highest BCUT2D eigenvalue weighted by Gasteiger charge is 2.32. The highest BCUT2D eigenvalue weighted by Crippen LogP contribution is 2.23. The molecule has 0 saturated carbocycles. The molecular weight excluding hydrogens is 276 g/mol. The third-order valence-corrected chi connectivity index (χ3v) is 6.50. The fraction of sp³-hybridized carbons (Fsp3) is 0.929. The van der Waals surface area contributed by atoms with Crippen molar-refractivity contribution in [2.45, 2.75) is 38.1 Å². The van der Waals surface area contributed by atoms with E-state index in [1.165, 1.54) is 12.8 Å². The normalized spacial score (nSPS) is 27.6. The van der Waals surface area contributed by atoms with Crippen LogP contribution in [0.1, 0.15) is 32.1 Å². The van der Waals surface area contributed by atoms with Gasteiger partial charge in [0.25, 0.3) is 0 Å². The van der Waals surface area contributed by atoms with Crippen LogP contribution in [0.2, 0.25) is 0 Å². The Morgan fingerprint density at radius 3 is 2.45 bits per heavy atom. The zero-order valence-electron chi connectivity index (χ0n) is 12.5. The molecular formula is C14H26N2O3S. The topological polar surface area (TPSA) is 57.7 Å². The van der Waals surface area contributed by atoms with Crippen molar-refractivity contribution in [2.75, 3.05) is 38.7 Å². The van der Waals surface area contributed by atoms with Crippen LogP contribution < -0.4 is 0 Å². The van der Waals surface area contributed by atoms with Crippen LogP contribution in [-0.2, 0) is 14.6 Å². The van der Waals surface area contributed by atoms with Gasteiger partial charge in [0, 0.05) is 19.5 Å². The third-order valence-electron chi connectivity index (χ3n) is 4.75. The van der Waals surface area contributed by atoms with Gasteiger partial charge in [-0.2, -0.15) is 0 Å². The molecule has 20 heavy (non-hydrogen) atoms. The summed E-state index contributed by atoms with van der Waals surface area (Å²) in [7, 11) is 0.972. The number of likely N-dealkylation sites (tertiary alicyclic amines) is 1. The maximum absolute atomic E-state index is 12.2. The lowest BCUT2D eigenvalue weighted by Gasteiger charge is -2.29. The average molecular weight is 302 g/mol. The molecule has 0 N–H and O–H groups in total. The van der Waals surface area contributed by atoms with Gasteiger partial charge >= 0.3 is 0 Å². The molecule has 1 atom stereocenters. The van der Waals surface area contributed by atoms with Crippen LogP contribution >= 0.6 is 0 Å². The minimum absolute atomic E-state index is 0.103. The van der Waals surface area contributed by atoms with E-state index in [1.54, 1.807) is 11.9 Å². The van der Waals surface area contributed by atoms with E-state index in [1.807, 2.05) is 0 Å². The lowest BCUT2D eigenvalue weighted by atomic mass is 9.92. The molecule has 116 valence electrons. The maximum Gasteiger partial charge on any atom is 0.222 e. The summed E-state index contributed by atoms with van der Waals surface area (Å²) in [5.41, 5.74) is 0. The van der Waals surface area contributed by atoms with Crippen LogP contribution in [0.3, 0.4) is 0 Å². The molecule has 2 aliphatic heterocycles. The fourth-order valence-electron chi connectivity index (χ4n) is 3.14. The van der Waals surface area contributed by atoms with E-state index in [9.17, 15) is 13.2 Å². The molecule has 2 fully saturated rings. The van der Waals surface area contributed by atoms with Crippen LogP contribution in [-0.4, -0.2) is 68.9 Å². The smallest absolute Gasteiger partial charge is 0.222 e. The Kier molecular flexibility index (Phi) is 5.07. The lowest BCUT2D eigenvalue weighted by molar-refractivity contribution is -0.131. The fourth-order valence-corrected chi connectivity index (χ4v) is 4.91. The molecule has 2 aliphatic rings. The van der Waals surface area contributed by atoms with Gasteiger partial charge in [0.05, 0.1) is 11.5 Å². The standard InChI is InChI=1S/C14H26N2O3S/c1-15-8-5-12(6-9-15)3-4-14(17)16(2)13-7-10-20(18,19)11-13/h12-13H,3-11H2,1-2H3. The van der Waals surface area contributed by atoms with E-state index in [4.69, 9.17) is 0 Å². The number of sulfone groups is 1. The first-order valence-corrected chi connectivity index (χ1v) is 9.34.